The average molecular weight is 462 g/mol. The van der Waals surface area contributed by atoms with Crippen molar-refractivity contribution >= 4 is 5.91 Å². The van der Waals surface area contributed by atoms with Gasteiger partial charge in [0.05, 0.1) is 0 Å². The molecule has 2 aliphatic rings. The lowest BCUT2D eigenvalue weighted by Crippen LogP contribution is -2.51. The molecule has 2 aromatic carbocycles. The number of unbranched alkanes of at least 4 members (excludes halogenated alkanes) is 5. The Kier molecular flexibility index (Phi) is 9.18. The minimum Gasteiger partial charge on any atom is -0.369 e. The number of rotatable bonds is 14. The molecule has 1 saturated heterocycles. The molecule has 0 aromatic heterocycles. The number of nitrogens with zero attached hydrogens (tertiary/aromatic N) is 1. The van der Waals surface area contributed by atoms with Gasteiger partial charge in [-0.25, -0.2) is 0 Å². The predicted molar refractivity (Wildman–Crippen MR) is 141 cm³/mol. The molecule has 4 rings (SSSR count). The maximum absolute atomic E-state index is 13.2. The fourth-order valence-electron chi connectivity index (χ4n) is 5.88. The van der Waals surface area contributed by atoms with E-state index in [0.717, 1.165) is 43.1 Å². The molecule has 0 radical (unpaired) electrons. The fourth-order valence-corrected chi connectivity index (χ4v) is 5.88. The Labute approximate surface area is 206 Å². The van der Waals surface area contributed by atoms with Crippen LogP contribution in [0.25, 0.3) is 0 Å². The van der Waals surface area contributed by atoms with Crippen LogP contribution in [-0.4, -0.2) is 43.0 Å². The van der Waals surface area contributed by atoms with Crippen LogP contribution in [0.15, 0.2) is 60.7 Å². The van der Waals surface area contributed by atoms with Crippen LogP contribution in [0.1, 0.15) is 75.3 Å². The summed E-state index contributed by atoms with van der Waals surface area (Å²) in [5, 5.41) is 3.61. The van der Waals surface area contributed by atoms with Crippen LogP contribution in [0, 0.1) is 5.92 Å². The second-order valence-electron chi connectivity index (χ2n) is 10.4. The van der Waals surface area contributed by atoms with E-state index in [1.54, 1.807) is 0 Å². The van der Waals surface area contributed by atoms with Crippen molar-refractivity contribution in [2.24, 2.45) is 11.7 Å². The minimum absolute atomic E-state index is 0.218. The van der Waals surface area contributed by atoms with E-state index in [1.807, 2.05) is 36.4 Å². The molecule has 184 valence electrons. The number of benzene rings is 2. The molecule has 1 aliphatic heterocycles. The van der Waals surface area contributed by atoms with Crippen molar-refractivity contribution in [2.45, 2.75) is 75.7 Å². The first-order valence-electron chi connectivity index (χ1n) is 13.6. The SMILES string of the molecule is NC(=O)C(c1ccccc1)(c1ccccc1)C1CCN(CCCCCCCCNC2CC2)CC1. The molecule has 0 unspecified atom stereocenters. The zero-order valence-corrected chi connectivity index (χ0v) is 20.8. The van der Waals surface area contributed by atoms with Crippen molar-refractivity contribution in [1.29, 1.82) is 0 Å². The van der Waals surface area contributed by atoms with E-state index in [9.17, 15) is 4.79 Å². The minimum atomic E-state index is -0.761. The van der Waals surface area contributed by atoms with Gasteiger partial charge >= 0.3 is 0 Å². The van der Waals surface area contributed by atoms with Gasteiger partial charge in [0.25, 0.3) is 0 Å². The normalized spacial score (nSPS) is 17.6. The van der Waals surface area contributed by atoms with Crippen LogP contribution < -0.4 is 11.1 Å². The number of carbonyl (C=O) groups excluding carboxylic acids is 1. The Morgan fingerprint density at radius 3 is 1.85 bits per heavy atom. The molecule has 0 atom stereocenters. The number of hydrogen-bond donors (Lipinski definition) is 2. The molecule has 2 aromatic rings. The Balaban J connectivity index is 1.26. The highest BCUT2D eigenvalue weighted by Crippen LogP contribution is 2.44. The summed E-state index contributed by atoms with van der Waals surface area (Å²) in [4.78, 5) is 15.8. The number of likely N-dealkylation sites (tertiary alicyclic amines) is 1. The van der Waals surface area contributed by atoms with Gasteiger partial charge in [-0.2, -0.15) is 0 Å². The van der Waals surface area contributed by atoms with Gasteiger partial charge in [-0.15, -0.1) is 0 Å². The molecule has 4 nitrogen and oxygen atoms in total. The van der Waals surface area contributed by atoms with Crippen molar-refractivity contribution in [3.05, 3.63) is 71.8 Å². The molecule has 1 amide bonds. The largest absolute Gasteiger partial charge is 0.369 e. The molecule has 2 fully saturated rings. The molecule has 34 heavy (non-hydrogen) atoms. The summed E-state index contributed by atoms with van der Waals surface area (Å²) in [6.45, 7) is 4.48. The Morgan fingerprint density at radius 1 is 0.794 bits per heavy atom. The summed E-state index contributed by atoms with van der Waals surface area (Å²) in [5.74, 6) is -0.00835. The van der Waals surface area contributed by atoms with Gasteiger partial charge in [0, 0.05) is 6.04 Å². The standard InChI is InChI=1S/C30H43N3O/c31-29(34)30(25-13-7-5-8-14-25,26-15-9-6-10-16-26)27-19-23-33(24-20-27)22-12-4-2-1-3-11-21-32-28-17-18-28/h5-10,13-16,27-28,32H,1-4,11-12,17-24H2,(H2,31,34). The maximum Gasteiger partial charge on any atom is 0.232 e. The van der Waals surface area contributed by atoms with E-state index in [0.29, 0.717) is 0 Å². The highest BCUT2D eigenvalue weighted by Gasteiger charge is 2.47. The molecule has 1 saturated carbocycles. The van der Waals surface area contributed by atoms with Crippen molar-refractivity contribution in [1.82, 2.24) is 10.2 Å². The topological polar surface area (TPSA) is 58.4 Å². The molecular formula is C30H43N3O. The van der Waals surface area contributed by atoms with Gasteiger partial charge < -0.3 is 16.0 Å². The van der Waals surface area contributed by atoms with Gasteiger partial charge in [0.2, 0.25) is 5.91 Å². The van der Waals surface area contributed by atoms with E-state index in [2.05, 4.69) is 34.5 Å². The third-order valence-electron chi connectivity index (χ3n) is 7.96. The number of carbonyl (C=O) groups is 1. The number of piperidine rings is 1. The fraction of sp³-hybridized carbons (Fsp3) is 0.567. The summed E-state index contributed by atoms with van der Waals surface area (Å²) in [6.07, 6.45) is 12.8. The summed E-state index contributed by atoms with van der Waals surface area (Å²) >= 11 is 0. The highest BCUT2D eigenvalue weighted by atomic mass is 16.1. The molecular weight excluding hydrogens is 418 g/mol. The zero-order valence-electron chi connectivity index (χ0n) is 20.8. The van der Waals surface area contributed by atoms with Crippen LogP contribution >= 0.6 is 0 Å². The van der Waals surface area contributed by atoms with E-state index >= 15 is 0 Å². The van der Waals surface area contributed by atoms with Crippen molar-refractivity contribution < 1.29 is 4.79 Å². The maximum atomic E-state index is 13.2. The monoisotopic (exact) mass is 461 g/mol. The van der Waals surface area contributed by atoms with Gasteiger partial charge in [0.15, 0.2) is 0 Å². The van der Waals surface area contributed by atoms with E-state index in [1.165, 1.54) is 64.5 Å². The van der Waals surface area contributed by atoms with Gasteiger partial charge in [-0.1, -0.05) is 86.3 Å². The number of primary amides is 1. The molecule has 0 spiro atoms. The summed E-state index contributed by atoms with van der Waals surface area (Å²) in [7, 11) is 0. The Hall–Kier alpha value is -2.17. The van der Waals surface area contributed by atoms with Crippen LogP contribution in [-0.2, 0) is 10.2 Å². The van der Waals surface area contributed by atoms with Gasteiger partial charge in [-0.3, -0.25) is 4.79 Å². The lowest BCUT2D eigenvalue weighted by atomic mass is 9.62. The summed E-state index contributed by atoms with van der Waals surface area (Å²) < 4.78 is 0. The number of nitrogens with one attached hydrogen (secondary N) is 1. The Morgan fingerprint density at radius 2 is 1.32 bits per heavy atom. The Bertz CT molecular complexity index is 818. The van der Waals surface area contributed by atoms with E-state index in [-0.39, 0.29) is 11.8 Å². The number of nitrogens with two attached hydrogens (primary N) is 1. The van der Waals surface area contributed by atoms with Crippen molar-refractivity contribution in [2.75, 3.05) is 26.2 Å². The first kappa shape index (κ1) is 24.9. The molecule has 4 heteroatoms. The number of amides is 1. The summed E-state index contributed by atoms with van der Waals surface area (Å²) in [6, 6.07) is 21.3. The first-order valence-corrected chi connectivity index (χ1v) is 13.6. The van der Waals surface area contributed by atoms with E-state index in [4.69, 9.17) is 5.73 Å². The van der Waals surface area contributed by atoms with Gasteiger partial charge in [-0.05, 0) is 81.7 Å². The quantitative estimate of drug-likeness (QED) is 0.377. The number of hydrogen-bond acceptors (Lipinski definition) is 3. The van der Waals surface area contributed by atoms with Crippen LogP contribution in [0.5, 0.6) is 0 Å². The van der Waals surface area contributed by atoms with Crippen LogP contribution in [0.3, 0.4) is 0 Å². The molecule has 0 bridgehead atoms. The highest BCUT2D eigenvalue weighted by molar-refractivity contribution is 5.91. The molecule has 1 heterocycles. The average Bonchev–Trinajstić information content (AvgIpc) is 3.70. The lowest BCUT2D eigenvalue weighted by molar-refractivity contribution is -0.124. The third kappa shape index (κ3) is 6.28. The molecule has 1 aliphatic carbocycles. The predicted octanol–water partition coefficient (Wildman–Crippen LogP) is 5.26. The lowest BCUT2D eigenvalue weighted by Gasteiger charge is -2.43. The smallest absolute Gasteiger partial charge is 0.232 e. The van der Waals surface area contributed by atoms with Crippen molar-refractivity contribution in [3.8, 4) is 0 Å². The van der Waals surface area contributed by atoms with Crippen LogP contribution in [0.2, 0.25) is 0 Å². The van der Waals surface area contributed by atoms with Gasteiger partial charge in [0.1, 0.15) is 5.41 Å². The second kappa shape index (κ2) is 12.5. The first-order chi connectivity index (χ1) is 16.7. The van der Waals surface area contributed by atoms with Crippen molar-refractivity contribution in [3.63, 3.8) is 0 Å². The molecule has 3 N–H and O–H groups in total. The van der Waals surface area contributed by atoms with E-state index < -0.39 is 5.41 Å². The summed E-state index contributed by atoms with van der Waals surface area (Å²) in [5.41, 5.74) is 7.51. The third-order valence-corrected chi connectivity index (χ3v) is 7.96. The zero-order chi connectivity index (χ0) is 23.6. The van der Waals surface area contributed by atoms with Crippen LogP contribution in [0.4, 0.5) is 0 Å². The second-order valence-corrected chi connectivity index (χ2v) is 10.4.